The lowest BCUT2D eigenvalue weighted by Crippen LogP contribution is -2.48. The molecule has 1 aliphatic heterocycles. The SMILES string of the molecule is CCN1CCN(C(=O)c2ccnc(C(=O)NCc3ccncc3)c2)CC1. The van der Waals surface area contributed by atoms with E-state index in [0.717, 1.165) is 25.2 Å². The molecule has 7 nitrogen and oxygen atoms in total. The largest absolute Gasteiger partial charge is 0.347 e. The Bertz CT molecular complexity index is 758. The standard InChI is InChI=1S/C19H23N5O2/c1-2-23-9-11-24(12-10-23)19(26)16-5-8-21-17(13-16)18(25)22-14-15-3-6-20-7-4-15/h3-8,13H,2,9-12,14H2,1H3,(H,22,25). The number of amides is 2. The quantitative estimate of drug-likeness (QED) is 0.873. The van der Waals surface area contributed by atoms with E-state index in [9.17, 15) is 9.59 Å². The molecule has 1 saturated heterocycles. The third kappa shape index (κ3) is 4.43. The van der Waals surface area contributed by atoms with Gasteiger partial charge in [-0.05, 0) is 36.4 Å². The Morgan fingerprint density at radius 3 is 2.50 bits per heavy atom. The van der Waals surface area contributed by atoms with E-state index in [1.807, 2.05) is 17.0 Å². The van der Waals surface area contributed by atoms with Gasteiger partial charge in [-0.25, -0.2) is 0 Å². The number of nitrogens with zero attached hydrogens (tertiary/aromatic N) is 4. The second-order valence-corrected chi connectivity index (χ2v) is 6.19. The fraction of sp³-hybridized carbons (Fsp3) is 0.368. The average Bonchev–Trinajstić information content (AvgIpc) is 2.72. The van der Waals surface area contributed by atoms with E-state index in [0.29, 0.717) is 25.2 Å². The van der Waals surface area contributed by atoms with E-state index < -0.39 is 0 Å². The Morgan fingerprint density at radius 2 is 1.81 bits per heavy atom. The molecule has 26 heavy (non-hydrogen) atoms. The summed E-state index contributed by atoms with van der Waals surface area (Å²) in [5.74, 6) is -0.349. The van der Waals surface area contributed by atoms with Gasteiger partial charge in [0, 0.05) is 56.9 Å². The first-order valence-electron chi connectivity index (χ1n) is 8.82. The summed E-state index contributed by atoms with van der Waals surface area (Å²) in [5, 5.41) is 2.81. The van der Waals surface area contributed by atoms with Crippen LogP contribution in [0.2, 0.25) is 0 Å². The van der Waals surface area contributed by atoms with Crippen LogP contribution < -0.4 is 5.32 Å². The van der Waals surface area contributed by atoms with Gasteiger partial charge in [-0.2, -0.15) is 0 Å². The van der Waals surface area contributed by atoms with Crippen molar-refractivity contribution in [3.05, 3.63) is 59.7 Å². The molecule has 0 unspecified atom stereocenters. The lowest BCUT2D eigenvalue weighted by atomic mass is 10.1. The number of hydrogen-bond acceptors (Lipinski definition) is 5. The second-order valence-electron chi connectivity index (χ2n) is 6.19. The normalized spacial score (nSPS) is 14.9. The molecule has 2 aromatic rings. The number of aromatic nitrogens is 2. The summed E-state index contributed by atoms with van der Waals surface area (Å²) in [7, 11) is 0. The van der Waals surface area contributed by atoms with Gasteiger partial charge in [0.2, 0.25) is 0 Å². The lowest BCUT2D eigenvalue weighted by molar-refractivity contribution is 0.0643. The number of carbonyl (C=O) groups is 2. The molecule has 0 saturated carbocycles. The van der Waals surface area contributed by atoms with Gasteiger partial charge in [0.25, 0.3) is 11.8 Å². The number of nitrogens with one attached hydrogen (secondary N) is 1. The molecule has 0 spiro atoms. The number of carbonyl (C=O) groups excluding carboxylic acids is 2. The first-order valence-corrected chi connectivity index (χ1v) is 8.82. The van der Waals surface area contributed by atoms with Crippen molar-refractivity contribution in [2.45, 2.75) is 13.5 Å². The van der Waals surface area contributed by atoms with Crippen LogP contribution in [0.1, 0.15) is 33.3 Å². The highest BCUT2D eigenvalue weighted by Gasteiger charge is 2.22. The molecule has 0 atom stereocenters. The van der Waals surface area contributed by atoms with Crippen molar-refractivity contribution in [3.8, 4) is 0 Å². The summed E-state index contributed by atoms with van der Waals surface area (Å²) in [4.78, 5) is 37.2. The predicted molar refractivity (Wildman–Crippen MR) is 97.7 cm³/mol. The minimum absolute atomic E-state index is 0.0497. The molecule has 136 valence electrons. The zero-order valence-corrected chi connectivity index (χ0v) is 14.9. The summed E-state index contributed by atoms with van der Waals surface area (Å²) < 4.78 is 0. The molecule has 0 aliphatic carbocycles. The van der Waals surface area contributed by atoms with Crippen molar-refractivity contribution in [3.63, 3.8) is 0 Å². The van der Waals surface area contributed by atoms with Crippen LogP contribution in [0.15, 0.2) is 42.9 Å². The average molecular weight is 353 g/mol. The van der Waals surface area contributed by atoms with Gasteiger partial charge < -0.3 is 15.1 Å². The zero-order valence-electron chi connectivity index (χ0n) is 14.9. The second kappa shape index (κ2) is 8.53. The van der Waals surface area contributed by atoms with Crippen LogP contribution in [0.5, 0.6) is 0 Å². The maximum Gasteiger partial charge on any atom is 0.270 e. The third-order valence-electron chi connectivity index (χ3n) is 4.55. The molecule has 0 aromatic carbocycles. The summed E-state index contributed by atoms with van der Waals surface area (Å²) in [6.07, 6.45) is 4.87. The fourth-order valence-corrected chi connectivity index (χ4v) is 2.91. The van der Waals surface area contributed by atoms with Crippen LogP contribution in [0.3, 0.4) is 0 Å². The van der Waals surface area contributed by atoms with E-state index in [1.54, 1.807) is 24.5 Å². The molecule has 0 bridgehead atoms. The molecule has 1 fully saturated rings. The van der Waals surface area contributed by atoms with Gasteiger partial charge in [-0.1, -0.05) is 6.92 Å². The first kappa shape index (κ1) is 18.0. The molecule has 2 aromatic heterocycles. The molecule has 3 rings (SSSR count). The number of piperazine rings is 1. The highest BCUT2D eigenvalue weighted by molar-refractivity contribution is 5.98. The molecular weight excluding hydrogens is 330 g/mol. The minimum atomic E-state index is -0.299. The maximum atomic E-state index is 12.7. The van der Waals surface area contributed by atoms with E-state index in [-0.39, 0.29) is 17.5 Å². The Labute approximate surface area is 153 Å². The van der Waals surface area contributed by atoms with Crippen molar-refractivity contribution in [2.75, 3.05) is 32.7 Å². The van der Waals surface area contributed by atoms with Crippen molar-refractivity contribution in [1.29, 1.82) is 0 Å². The summed E-state index contributed by atoms with van der Waals surface area (Å²) >= 11 is 0. The van der Waals surface area contributed by atoms with Crippen LogP contribution in [0.4, 0.5) is 0 Å². The topological polar surface area (TPSA) is 78.4 Å². The van der Waals surface area contributed by atoms with Gasteiger partial charge in [0.1, 0.15) is 5.69 Å². The number of hydrogen-bond donors (Lipinski definition) is 1. The highest BCUT2D eigenvalue weighted by Crippen LogP contribution is 2.10. The zero-order chi connectivity index (χ0) is 18.4. The molecular formula is C19H23N5O2. The van der Waals surface area contributed by atoms with Crippen LogP contribution in [0, 0.1) is 0 Å². The Kier molecular flexibility index (Phi) is 5.91. The molecule has 1 aliphatic rings. The van der Waals surface area contributed by atoms with Gasteiger partial charge >= 0.3 is 0 Å². The Morgan fingerprint density at radius 1 is 1.08 bits per heavy atom. The van der Waals surface area contributed by atoms with Crippen LogP contribution in [-0.4, -0.2) is 64.3 Å². The highest BCUT2D eigenvalue weighted by atomic mass is 16.2. The van der Waals surface area contributed by atoms with Gasteiger partial charge in [0.05, 0.1) is 0 Å². The van der Waals surface area contributed by atoms with E-state index in [1.165, 1.54) is 6.20 Å². The van der Waals surface area contributed by atoms with Crippen molar-refractivity contribution in [2.24, 2.45) is 0 Å². The van der Waals surface area contributed by atoms with Crippen molar-refractivity contribution < 1.29 is 9.59 Å². The van der Waals surface area contributed by atoms with Crippen molar-refractivity contribution >= 4 is 11.8 Å². The maximum absolute atomic E-state index is 12.7. The fourth-order valence-electron chi connectivity index (χ4n) is 2.91. The monoisotopic (exact) mass is 353 g/mol. The summed E-state index contributed by atoms with van der Waals surface area (Å²) in [6, 6.07) is 6.90. The Hall–Kier alpha value is -2.80. The number of likely N-dealkylation sites (N-methyl/N-ethyl adjacent to an activating group) is 1. The van der Waals surface area contributed by atoms with E-state index in [4.69, 9.17) is 0 Å². The summed E-state index contributed by atoms with van der Waals surface area (Å²) in [5.41, 5.74) is 1.70. The summed E-state index contributed by atoms with van der Waals surface area (Å²) in [6.45, 7) is 6.69. The Balaban J connectivity index is 1.62. The van der Waals surface area contributed by atoms with Gasteiger partial charge in [-0.15, -0.1) is 0 Å². The van der Waals surface area contributed by atoms with Gasteiger partial charge in [0.15, 0.2) is 0 Å². The molecule has 3 heterocycles. The van der Waals surface area contributed by atoms with Crippen LogP contribution >= 0.6 is 0 Å². The van der Waals surface area contributed by atoms with Gasteiger partial charge in [-0.3, -0.25) is 19.6 Å². The molecule has 2 amide bonds. The smallest absolute Gasteiger partial charge is 0.270 e. The first-order chi connectivity index (χ1) is 12.7. The molecule has 1 N–H and O–H groups in total. The lowest BCUT2D eigenvalue weighted by Gasteiger charge is -2.34. The number of pyridine rings is 2. The van der Waals surface area contributed by atoms with Crippen LogP contribution in [-0.2, 0) is 6.54 Å². The van der Waals surface area contributed by atoms with E-state index in [2.05, 4.69) is 27.1 Å². The third-order valence-corrected chi connectivity index (χ3v) is 4.55. The minimum Gasteiger partial charge on any atom is -0.347 e. The van der Waals surface area contributed by atoms with Crippen LogP contribution in [0.25, 0.3) is 0 Å². The molecule has 0 radical (unpaired) electrons. The number of rotatable bonds is 5. The van der Waals surface area contributed by atoms with Crippen molar-refractivity contribution in [1.82, 2.24) is 25.1 Å². The van der Waals surface area contributed by atoms with E-state index >= 15 is 0 Å². The molecule has 7 heteroatoms. The predicted octanol–water partition coefficient (Wildman–Crippen LogP) is 1.18.